The lowest BCUT2D eigenvalue weighted by atomic mass is 9.86. The van der Waals surface area contributed by atoms with Gasteiger partial charge in [0.25, 0.3) is 0 Å². The fourth-order valence-electron chi connectivity index (χ4n) is 2.16. The highest BCUT2D eigenvalue weighted by molar-refractivity contribution is 5.28. The Morgan fingerprint density at radius 2 is 2.06 bits per heavy atom. The van der Waals surface area contributed by atoms with E-state index in [1.807, 2.05) is 12.1 Å². The average Bonchev–Trinajstić information content (AvgIpc) is 2.42. The maximum atomic E-state index is 5.89. The van der Waals surface area contributed by atoms with Crippen LogP contribution in [-0.2, 0) is 11.2 Å². The van der Waals surface area contributed by atoms with Gasteiger partial charge in [-0.1, -0.05) is 19.1 Å². The second-order valence-corrected chi connectivity index (χ2v) is 4.81. The van der Waals surface area contributed by atoms with Crippen molar-refractivity contribution in [3.63, 3.8) is 0 Å². The van der Waals surface area contributed by atoms with Gasteiger partial charge in [-0.2, -0.15) is 0 Å². The molecule has 3 heteroatoms. The lowest BCUT2D eigenvalue weighted by Gasteiger charge is -2.22. The minimum absolute atomic E-state index is 0.493. The molecule has 0 radical (unpaired) electrons. The molecule has 1 rings (SSSR count). The van der Waals surface area contributed by atoms with Crippen molar-refractivity contribution in [3.05, 3.63) is 29.8 Å². The van der Waals surface area contributed by atoms with Crippen LogP contribution in [0.4, 0.5) is 0 Å². The molecule has 1 aromatic carbocycles. The van der Waals surface area contributed by atoms with Crippen molar-refractivity contribution in [2.45, 2.75) is 19.8 Å². The topological polar surface area (TPSA) is 44.5 Å². The van der Waals surface area contributed by atoms with E-state index in [0.717, 1.165) is 25.2 Å². The molecule has 0 aliphatic heterocycles. The summed E-state index contributed by atoms with van der Waals surface area (Å²) in [6.45, 7) is 3.76. The molecule has 3 nitrogen and oxygen atoms in total. The first-order chi connectivity index (χ1) is 8.71. The fraction of sp³-hybridized carbons (Fsp3) is 0.600. The van der Waals surface area contributed by atoms with Crippen LogP contribution in [-0.4, -0.2) is 27.4 Å². The zero-order valence-corrected chi connectivity index (χ0v) is 11.7. The molecule has 2 atom stereocenters. The number of benzene rings is 1. The van der Waals surface area contributed by atoms with Gasteiger partial charge < -0.3 is 15.2 Å². The summed E-state index contributed by atoms with van der Waals surface area (Å²) in [6.07, 6.45) is 2.06. The number of hydrogen-bond donors (Lipinski definition) is 1. The monoisotopic (exact) mass is 251 g/mol. The molecule has 102 valence electrons. The van der Waals surface area contributed by atoms with Gasteiger partial charge >= 0.3 is 0 Å². The van der Waals surface area contributed by atoms with Crippen molar-refractivity contribution in [1.29, 1.82) is 0 Å². The molecule has 0 saturated heterocycles. The Kier molecular flexibility index (Phi) is 6.76. The van der Waals surface area contributed by atoms with Crippen LogP contribution in [0.5, 0.6) is 5.75 Å². The van der Waals surface area contributed by atoms with Gasteiger partial charge in [-0.25, -0.2) is 0 Å². The van der Waals surface area contributed by atoms with Crippen LogP contribution >= 0.6 is 0 Å². The van der Waals surface area contributed by atoms with Crippen molar-refractivity contribution in [3.8, 4) is 5.75 Å². The van der Waals surface area contributed by atoms with Gasteiger partial charge in [0.15, 0.2) is 0 Å². The first-order valence-electron chi connectivity index (χ1n) is 6.53. The van der Waals surface area contributed by atoms with Crippen LogP contribution in [0.15, 0.2) is 24.3 Å². The number of hydrogen-bond acceptors (Lipinski definition) is 3. The number of nitrogens with two attached hydrogens (primary N) is 1. The molecule has 1 aromatic rings. The zero-order chi connectivity index (χ0) is 13.4. The smallest absolute Gasteiger partial charge is 0.119 e. The Hall–Kier alpha value is -1.06. The minimum atomic E-state index is 0.493. The van der Waals surface area contributed by atoms with Crippen molar-refractivity contribution in [2.24, 2.45) is 17.6 Å². The van der Waals surface area contributed by atoms with E-state index < -0.39 is 0 Å². The van der Waals surface area contributed by atoms with E-state index in [4.69, 9.17) is 15.2 Å². The third-order valence-electron chi connectivity index (χ3n) is 3.52. The molecule has 0 fully saturated rings. The van der Waals surface area contributed by atoms with Crippen LogP contribution in [0.1, 0.15) is 18.9 Å². The first kappa shape index (κ1) is 15.0. The fourth-order valence-corrected chi connectivity index (χ4v) is 2.16. The highest BCUT2D eigenvalue weighted by atomic mass is 16.5. The number of methoxy groups -OCH3 is 2. The third-order valence-corrected chi connectivity index (χ3v) is 3.52. The summed E-state index contributed by atoms with van der Waals surface area (Å²) in [6, 6.07) is 8.22. The Bertz CT molecular complexity index is 341. The Labute approximate surface area is 110 Å². The maximum Gasteiger partial charge on any atom is 0.119 e. The highest BCUT2D eigenvalue weighted by Gasteiger charge is 2.16. The third kappa shape index (κ3) is 4.67. The Morgan fingerprint density at radius 1 is 1.28 bits per heavy atom. The molecule has 0 aliphatic carbocycles. The maximum absolute atomic E-state index is 5.89. The molecule has 0 saturated carbocycles. The van der Waals surface area contributed by atoms with Gasteiger partial charge in [-0.3, -0.25) is 0 Å². The van der Waals surface area contributed by atoms with Crippen molar-refractivity contribution in [2.75, 3.05) is 27.4 Å². The molecule has 0 aliphatic rings. The summed E-state index contributed by atoms with van der Waals surface area (Å²) >= 11 is 0. The highest BCUT2D eigenvalue weighted by Crippen LogP contribution is 2.22. The summed E-state index contributed by atoms with van der Waals surface area (Å²) in [7, 11) is 3.44. The molecule has 0 heterocycles. The minimum Gasteiger partial charge on any atom is -0.497 e. The lowest BCUT2D eigenvalue weighted by Crippen LogP contribution is -2.24. The van der Waals surface area contributed by atoms with E-state index in [1.54, 1.807) is 14.2 Å². The van der Waals surface area contributed by atoms with E-state index in [0.29, 0.717) is 18.4 Å². The van der Waals surface area contributed by atoms with Gasteiger partial charge in [0.2, 0.25) is 0 Å². The van der Waals surface area contributed by atoms with Crippen LogP contribution < -0.4 is 10.5 Å². The summed E-state index contributed by atoms with van der Waals surface area (Å²) in [5.74, 6) is 1.97. The number of rotatable bonds is 8. The van der Waals surface area contributed by atoms with Crippen LogP contribution in [0.3, 0.4) is 0 Å². The van der Waals surface area contributed by atoms with E-state index >= 15 is 0 Å². The van der Waals surface area contributed by atoms with Gasteiger partial charge in [-0.05, 0) is 48.9 Å². The molecule has 0 spiro atoms. The van der Waals surface area contributed by atoms with E-state index in [2.05, 4.69) is 19.1 Å². The van der Waals surface area contributed by atoms with Crippen LogP contribution in [0.25, 0.3) is 0 Å². The SMILES string of the molecule is COCCC(C)C(CN)Cc1cccc(OC)c1. The largest absolute Gasteiger partial charge is 0.497 e. The molecular weight excluding hydrogens is 226 g/mol. The van der Waals surface area contributed by atoms with Gasteiger partial charge in [0.1, 0.15) is 5.75 Å². The predicted molar refractivity (Wildman–Crippen MR) is 74.9 cm³/mol. The molecule has 2 unspecified atom stereocenters. The van der Waals surface area contributed by atoms with Crippen LogP contribution in [0, 0.1) is 11.8 Å². The van der Waals surface area contributed by atoms with Crippen molar-refractivity contribution >= 4 is 0 Å². The Morgan fingerprint density at radius 3 is 2.67 bits per heavy atom. The molecule has 2 N–H and O–H groups in total. The van der Waals surface area contributed by atoms with E-state index in [-0.39, 0.29) is 0 Å². The summed E-state index contributed by atoms with van der Waals surface area (Å²) in [4.78, 5) is 0. The van der Waals surface area contributed by atoms with E-state index in [9.17, 15) is 0 Å². The zero-order valence-electron chi connectivity index (χ0n) is 11.7. The molecular formula is C15H25NO2. The predicted octanol–water partition coefficient (Wildman–Crippen LogP) is 2.49. The van der Waals surface area contributed by atoms with Crippen molar-refractivity contribution in [1.82, 2.24) is 0 Å². The standard InChI is InChI=1S/C15H25NO2/c1-12(7-8-17-2)14(11-16)9-13-5-4-6-15(10-13)18-3/h4-6,10,12,14H,7-9,11,16H2,1-3H3. The molecule has 0 aromatic heterocycles. The molecule has 18 heavy (non-hydrogen) atoms. The lowest BCUT2D eigenvalue weighted by molar-refractivity contribution is 0.165. The summed E-state index contributed by atoms with van der Waals surface area (Å²) in [5.41, 5.74) is 7.18. The van der Waals surface area contributed by atoms with Gasteiger partial charge in [0.05, 0.1) is 7.11 Å². The molecule has 0 bridgehead atoms. The van der Waals surface area contributed by atoms with E-state index in [1.165, 1.54) is 5.56 Å². The van der Waals surface area contributed by atoms with Gasteiger partial charge in [0, 0.05) is 13.7 Å². The second kappa shape index (κ2) is 8.11. The normalized spacial score (nSPS) is 14.2. The second-order valence-electron chi connectivity index (χ2n) is 4.81. The first-order valence-corrected chi connectivity index (χ1v) is 6.53. The number of ether oxygens (including phenoxy) is 2. The summed E-state index contributed by atoms with van der Waals surface area (Å²) in [5, 5.41) is 0. The van der Waals surface area contributed by atoms with Crippen LogP contribution in [0.2, 0.25) is 0 Å². The van der Waals surface area contributed by atoms with Crippen molar-refractivity contribution < 1.29 is 9.47 Å². The van der Waals surface area contributed by atoms with Gasteiger partial charge in [-0.15, -0.1) is 0 Å². The average molecular weight is 251 g/mol. The Balaban J connectivity index is 2.60. The summed E-state index contributed by atoms with van der Waals surface area (Å²) < 4.78 is 10.4. The quantitative estimate of drug-likeness (QED) is 0.772. The molecule has 0 amide bonds.